The highest BCUT2D eigenvalue weighted by atomic mass is 35.5. The highest BCUT2D eigenvalue weighted by molar-refractivity contribution is 6.30. The number of hydrogen-bond acceptors (Lipinski definition) is 3. The number of methoxy groups -OCH3 is 1. The van der Waals surface area contributed by atoms with E-state index in [2.05, 4.69) is 31.0 Å². The van der Waals surface area contributed by atoms with Crippen molar-refractivity contribution in [3.05, 3.63) is 23.2 Å². The summed E-state index contributed by atoms with van der Waals surface area (Å²) in [6.45, 7) is 8.80. The van der Waals surface area contributed by atoms with Crippen molar-refractivity contribution < 1.29 is 4.74 Å². The van der Waals surface area contributed by atoms with Crippen LogP contribution in [-0.2, 0) is 0 Å². The van der Waals surface area contributed by atoms with E-state index >= 15 is 0 Å². The second-order valence-corrected chi connectivity index (χ2v) is 6.61. The van der Waals surface area contributed by atoms with E-state index in [1.54, 1.807) is 7.11 Å². The van der Waals surface area contributed by atoms with Crippen LogP contribution in [0, 0.1) is 5.92 Å². The van der Waals surface area contributed by atoms with Crippen molar-refractivity contribution in [1.29, 1.82) is 0 Å². The molecule has 1 saturated heterocycles. The zero-order valence-electron chi connectivity index (χ0n) is 13.5. The summed E-state index contributed by atoms with van der Waals surface area (Å²) in [7, 11) is 1.73. The Morgan fingerprint density at radius 2 is 2.19 bits per heavy atom. The molecule has 0 spiro atoms. The summed E-state index contributed by atoms with van der Waals surface area (Å²) in [5, 5.41) is 4.45. The molecule has 118 valence electrons. The summed E-state index contributed by atoms with van der Waals surface area (Å²) in [6, 6.07) is 6.88. The molecule has 0 amide bonds. The minimum absolute atomic E-state index is 0.463. The van der Waals surface area contributed by atoms with Crippen LogP contribution in [0.5, 0.6) is 5.75 Å². The third kappa shape index (κ3) is 3.83. The lowest BCUT2D eigenvalue weighted by Crippen LogP contribution is -2.58. The molecular weight excluding hydrogens is 284 g/mol. The highest BCUT2D eigenvalue weighted by Crippen LogP contribution is 2.35. The maximum Gasteiger partial charge on any atom is 0.142 e. The highest BCUT2D eigenvalue weighted by Gasteiger charge is 2.31. The molecule has 0 bridgehead atoms. The number of nitrogens with one attached hydrogen (secondary N) is 1. The Labute approximate surface area is 133 Å². The van der Waals surface area contributed by atoms with Gasteiger partial charge in [0.05, 0.1) is 12.8 Å². The molecule has 1 heterocycles. The number of nitrogens with zero attached hydrogens (tertiary/aromatic N) is 1. The molecule has 1 aliphatic rings. The van der Waals surface area contributed by atoms with Crippen LogP contribution in [0.4, 0.5) is 5.69 Å². The predicted octanol–water partition coefficient (Wildman–Crippen LogP) is 3.95. The molecule has 1 fully saturated rings. The number of piperazine rings is 1. The maximum atomic E-state index is 6.22. The summed E-state index contributed by atoms with van der Waals surface area (Å²) in [4.78, 5) is 2.48. The average Bonchev–Trinajstić information content (AvgIpc) is 2.47. The minimum Gasteiger partial charge on any atom is -0.495 e. The van der Waals surface area contributed by atoms with E-state index in [1.165, 1.54) is 12.8 Å². The van der Waals surface area contributed by atoms with Crippen molar-refractivity contribution in [2.75, 3.05) is 25.1 Å². The molecule has 0 saturated carbocycles. The van der Waals surface area contributed by atoms with E-state index in [0.29, 0.717) is 18.0 Å². The van der Waals surface area contributed by atoms with Crippen LogP contribution >= 0.6 is 11.6 Å². The zero-order valence-corrected chi connectivity index (χ0v) is 14.3. The maximum absolute atomic E-state index is 6.22. The lowest BCUT2D eigenvalue weighted by Gasteiger charge is -2.44. The van der Waals surface area contributed by atoms with Gasteiger partial charge in [-0.05, 0) is 30.5 Å². The minimum atomic E-state index is 0.463. The molecule has 1 aliphatic heterocycles. The Morgan fingerprint density at radius 1 is 1.43 bits per heavy atom. The van der Waals surface area contributed by atoms with Crippen LogP contribution in [0.2, 0.25) is 5.02 Å². The van der Waals surface area contributed by atoms with Crippen LogP contribution in [0.3, 0.4) is 0 Å². The van der Waals surface area contributed by atoms with Crippen molar-refractivity contribution in [2.45, 2.75) is 45.7 Å². The first-order valence-electron chi connectivity index (χ1n) is 7.90. The van der Waals surface area contributed by atoms with E-state index in [1.807, 2.05) is 18.2 Å². The van der Waals surface area contributed by atoms with Crippen molar-refractivity contribution in [2.24, 2.45) is 5.92 Å². The Bertz CT molecular complexity index is 464. The summed E-state index contributed by atoms with van der Waals surface area (Å²) in [6.07, 6.45) is 2.40. The van der Waals surface area contributed by atoms with Gasteiger partial charge in [0.2, 0.25) is 0 Å². The fourth-order valence-electron chi connectivity index (χ4n) is 3.14. The fourth-order valence-corrected chi connectivity index (χ4v) is 3.30. The van der Waals surface area contributed by atoms with Gasteiger partial charge >= 0.3 is 0 Å². The molecule has 0 aliphatic carbocycles. The van der Waals surface area contributed by atoms with E-state index < -0.39 is 0 Å². The largest absolute Gasteiger partial charge is 0.495 e. The second-order valence-electron chi connectivity index (χ2n) is 6.17. The number of halogens is 1. The van der Waals surface area contributed by atoms with Gasteiger partial charge in [-0.3, -0.25) is 0 Å². The number of ether oxygens (including phenoxy) is 1. The van der Waals surface area contributed by atoms with Crippen molar-refractivity contribution in [3.63, 3.8) is 0 Å². The first-order valence-corrected chi connectivity index (χ1v) is 8.28. The molecule has 3 nitrogen and oxygen atoms in total. The third-order valence-electron chi connectivity index (χ3n) is 4.29. The number of benzene rings is 1. The second kappa shape index (κ2) is 7.37. The van der Waals surface area contributed by atoms with E-state index in [4.69, 9.17) is 16.3 Å². The average molecular weight is 311 g/mol. The van der Waals surface area contributed by atoms with Gasteiger partial charge in [0.25, 0.3) is 0 Å². The monoisotopic (exact) mass is 310 g/mol. The fraction of sp³-hybridized carbons (Fsp3) is 0.647. The first-order chi connectivity index (χ1) is 10.1. The van der Waals surface area contributed by atoms with Crippen LogP contribution in [0.25, 0.3) is 0 Å². The molecule has 1 aromatic rings. The quantitative estimate of drug-likeness (QED) is 0.891. The molecule has 0 radical (unpaired) electrons. The first kappa shape index (κ1) is 16.4. The summed E-state index contributed by atoms with van der Waals surface area (Å²) < 4.78 is 5.56. The molecule has 2 atom stereocenters. The molecule has 0 aromatic heterocycles. The SMILES string of the molecule is CCCC1CN(c2cc(Cl)ccc2OC)C(C(C)C)CN1. The zero-order chi connectivity index (χ0) is 15.4. The summed E-state index contributed by atoms with van der Waals surface area (Å²) >= 11 is 6.22. The van der Waals surface area contributed by atoms with Crippen LogP contribution in [-0.4, -0.2) is 32.3 Å². The third-order valence-corrected chi connectivity index (χ3v) is 4.53. The Morgan fingerprint density at radius 3 is 2.81 bits per heavy atom. The molecular formula is C17H27ClN2O. The van der Waals surface area contributed by atoms with Gasteiger partial charge in [0, 0.05) is 30.2 Å². The van der Waals surface area contributed by atoms with E-state index in [0.717, 1.165) is 29.5 Å². The van der Waals surface area contributed by atoms with Gasteiger partial charge in [-0.15, -0.1) is 0 Å². The number of hydrogen-bond donors (Lipinski definition) is 1. The topological polar surface area (TPSA) is 24.5 Å². The number of anilines is 1. The summed E-state index contributed by atoms with van der Waals surface area (Å²) in [5.74, 6) is 1.48. The van der Waals surface area contributed by atoms with Crippen molar-refractivity contribution in [1.82, 2.24) is 5.32 Å². The van der Waals surface area contributed by atoms with Crippen LogP contribution in [0.1, 0.15) is 33.6 Å². The molecule has 4 heteroatoms. The smallest absolute Gasteiger partial charge is 0.142 e. The van der Waals surface area contributed by atoms with Gasteiger partial charge in [0.15, 0.2) is 0 Å². The van der Waals surface area contributed by atoms with Crippen molar-refractivity contribution >= 4 is 17.3 Å². The predicted molar refractivity (Wildman–Crippen MR) is 90.7 cm³/mol. The molecule has 1 aromatic carbocycles. The Hall–Kier alpha value is -0.930. The molecule has 2 unspecified atom stereocenters. The Kier molecular flexibility index (Phi) is 5.77. The van der Waals surface area contributed by atoms with E-state index in [9.17, 15) is 0 Å². The molecule has 21 heavy (non-hydrogen) atoms. The normalized spacial score (nSPS) is 22.7. The van der Waals surface area contributed by atoms with Gasteiger partial charge in [-0.2, -0.15) is 0 Å². The van der Waals surface area contributed by atoms with Crippen LogP contribution in [0.15, 0.2) is 18.2 Å². The van der Waals surface area contributed by atoms with Gasteiger partial charge in [-0.25, -0.2) is 0 Å². The summed E-state index contributed by atoms with van der Waals surface area (Å²) in [5.41, 5.74) is 1.12. The Balaban J connectivity index is 2.32. The van der Waals surface area contributed by atoms with Gasteiger partial charge in [0.1, 0.15) is 5.75 Å². The lowest BCUT2D eigenvalue weighted by atomic mass is 9.96. The van der Waals surface area contributed by atoms with Crippen molar-refractivity contribution in [3.8, 4) is 5.75 Å². The molecule has 2 rings (SSSR count). The molecule has 1 N–H and O–H groups in total. The van der Waals surface area contributed by atoms with E-state index in [-0.39, 0.29) is 0 Å². The number of rotatable bonds is 5. The van der Waals surface area contributed by atoms with Gasteiger partial charge in [-0.1, -0.05) is 38.8 Å². The lowest BCUT2D eigenvalue weighted by molar-refractivity contribution is 0.323. The van der Waals surface area contributed by atoms with Crippen LogP contribution < -0.4 is 15.0 Å². The standard InChI is InChI=1S/C17H27ClN2O/c1-5-6-14-11-20(16(10-19-14)12(2)3)15-9-13(18)7-8-17(15)21-4/h7-9,12,14,16,19H,5-6,10-11H2,1-4H3. The van der Waals surface area contributed by atoms with Gasteiger partial charge < -0.3 is 15.0 Å².